The summed E-state index contributed by atoms with van der Waals surface area (Å²) in [5, 5.41) is 3.23. The molecule has 0 aromatic heterocycles. The quantitative estimate of drug-likeness (QED) is 0.934. The highest BCUT2D eigenvalue weighted by Gasteiger charge is 2.56. The van der Waals surface area contributed by atoms with Crippen molar-refractivity contribution >= 4 is 5.91 Å². The number of ether oxygens (including phenoxy) is 2. The summed E-state index contributed by atoms with van der Waals surface area (Å²) in [5.74, 6) is 3.33. The van der Waals surface area contributed by atoms with Gasteiger partial charge >= 0.3 is 0 Å². The average Bonchev–Trinajstić information content (AvgIpc) is 3.00. The molecule has 0 radical (unpaired) electrons. The number of fused-ring (bicyclic) bond motifs is 2. The molecule has 2 saturated carbocycles. The Kier molecular flexibility index (Phi) is 3.10. The van der Waals surface area contributed by atoms with E-state index in [-0.39, 0.29) is 11.8 Å². The summed E-state index contributed by atoms with van der Waals surface area (Å²) in [6.07, 6.45) is 3.76. The number of rotatable bonds is 3. The van der Waals surface area contributed by atoms with Crippen molar-refractivity contribution in [2.24, 2.45) is 17.8 Å². The van der Waals surface area contributed by atoms with Crippen molar-refractivity contribution in [3.8, 4) is 11.5 Å². The zero-order valence-corrected chi connectivity index (χ0v) is 13.2. The van der Waals surface area contributed by atoms with Crippen LogP contribution in [0.5, 0.6) is 11.5 Å². The molecule has 22 heavy (non-hydrogen) atoms. The molecule has 0 spiro atoms. The number of amides is 1. The van der Waals surface area contributed by atoms with Crippen molar-refractivity contribution in [2.45, 2.75) is 38.6 Å². The Balaban J connectivity index is 1.49. The van der Waals surface area contributed by atoms with E-state index in [1.54, 1.807) is 0 Å². The lowest BCUT2D eigenvalue weighted by Crippen LogP contribution is -2.42. The third kappa shape index (κ3) is 2.25. The Bertz CT molecular complexity index is 600. The molecule has 0 bridgehead atoms. The minimum absolute atomic E-state index is 0.217. The van der Waals surface area contributed by atoms with Crippen LogP contribution < -0.4 is 14.8 Å². The van der Waals surface area contributed by atoms with E-state index in [2.05, 4.69) is 19.2 Å². The van der Waals surface area contributed by atoms with Gasteiger partial charge < -0.3 is 14.8 Å². The lowest BCUT2D eigenvalue weighted by Gasteiger charge is -2.29. The van der Waals surface area contributed by atoms with Gasteiger partial charge in [-0.3, -0.25) is 4.79 Å². The first-order valence-corrected chi connectivity index (χ1v) is 8.28. The Morgan fingerprint density at radius 2 is 1.82 bits per heavy atom. The fraction of sp³-hybridized carbons (Fsp3) is 0.611. The van der Waals surface area contributed by atoms with Crippen molar-refractivity contribution in [3.63, 3.8) is 0 Å². The van der Waals surface area contributed by atoms with Gasteiger partial charge in [-0.15, -0.1) is 0 Å². The predicted molar refractivity (Wildman–Crippen MR) is 82.9 cm³/mol. The minimum Gasteiger partial charge on any atom is -0.486 e. The molecule has 0 saturated heterocycles. The van der Waals surface area contributed by atoms with Gasteiger partial charge in [-0.25, -0.2) is 0 Å². The number of hydrogen-bond donors (Lipinski definition) is 1. The van der Waals surface area contributed by atoms with Crippen LogP contribution in [0.4, 0.5) is 0 Å². The first-order valence-electron chi connectivity index (χ1n) is 8.28. The Morgan fingerprint density at radius 1 is 1.14 bits per heavy atom. The van der Waals surface area contributed by atoms with Crippen molar-refractivity contribution < 1.29 is 14.3 Å². The number of hydrogen-bond acceptors (Lipinski definition) is 3. The smallest absolute Gasteiger partial charge is 0.224 e. The van der Waals surface area contributed by atoms with Gasteiger partial charge in [0.05, 0.1) is 5.54 Å². The van der Waals surface area contributed by atoms with E-state index in [1.807, 2.05) is 18.2 Å². The van der Waals surface area contributed by atoms with Crippen LogP contribution in [0.2, 0.25) is 0 Å². The largest absolute Gasteiger partial charge is 0.486 e. The molecule has 4 nitrogen and oxygen atoms in total. The first kappa shape index (κ1) is 13.9. The Labute approximate surface area is 131 Å². The standard InChI is InChI=1S/C18H23NO3/c1-18(2,19-17(20)16-12-4-3-5-13(12)16)11-6-7-14-15(10-11)22-9-8-21-14/h6-7,10,12-13,16H,3-5,8-9H2,1-2H3,(H,19,20)/t12-,13-/m0/s1. The molecule has 0 unspecified atom stereocenters. The van der Waals surface area contributed by atoms with Crippen LogP contribution in [0.25, 0.3) is 0 Å². The number of carbonyl (C=O) groups excluding carboxylic acids is 1. The number of carbonyl (C=O) groups is 1. The molecule has 1 N–H and O–H groups in total. The van der Waals surface area contributed by atoms with Crippen LogP contribution in [-0.2, 0) is 10.3 Å². The molecular formula is C18H23NO3. The Hall–Kier alpha value is -1.71. The van der Waals surface area contributed by atoms with Crippen molar-refractivity contribution in [1.29, 1.82) is 0 Å². The molecule has 1 aliphatic heterocycles. The van der Waals surface area contributed by atoms with Crippen molar-refractivity contribution in [2.75, 3.05) is 13.2 Å². The fourth-order valence-corrected chi connectivity index (χ4v) is 4.11. The van der Waals surface area contributed by atoms with Crippen LogP contribution in [0.15, 0.2) is 18.2 Å². The maximum atomic E-state index is 12.5. The van der Waals surface area contributed by atoms with E-state index in [1.165, 1.54) is 19.3 Å². The summed E-state index contributed by atoms with van der Waals surface area (Å²) >= 11 is 0. The molecule has 1 amide bonds. The molecule has 2 fully saturated rings. The molecule has 1 aromatic carbocycles. The highest BCUT2D eigenvalue weighted by molar-refractivity contribution is 5.83. The maximum absolute atomic E-state index is 12.5. The number of nitrogens with one attached hydrogen (secondary N) is 1. The van der Waals surface area contributed by atoms with E-state index >= 15 is 0 Å². The third-order valence-corrected chi connectivity index (χ3v) is 5.41. The first-order chi connectivity index (χ1) is 10.6. The topological polar surface area (TPSA) is 47.6 Å². The third-order valence-electron chi connectivity index (χ3n) is 5.41. The van der Waals surface area contributed by atoms with Crippen LogP contribution in [0.1, 0.15) is 38.7 Å². The lowest BCUT2D eigenvalue weighted by molar-refractivity contribution is -0.124. The van der Waals surface area contributed by atoms with Gasteiger partial charge in [-0.2, -0.15) is 0 Å². The van der Waals surface area contributed by atoms with Gasteiger partial charge in [-0.1, -0.05) is 12.5 Å². The van der Waals surface area contributed by atoms with E-state index in [0.717, 1.165) is 17.1 Å². The second kappa shape index (κ2) is 4.90. The van der Waals surface area contributed by atoms with Gasteiger partial charge in [0, 0.05) is 5.92 Å². The van der Waals surface area contributed by atoms with Crippen LogP contribution in [0, 0.1) is 17.8 Å². The maximum Gasteiger partial charge on any atom is 0.224 e. The second-order valence-corrected chi connectivity index (χ2v) is 7.26. The number of benzene rings is 1. The molecule has 2 atom stereocenters. The summed E-state index contributed by atoms with van der Waals surface area (Å²) in [5.41, 5.74) is 0.653. The average molecular weight is 301 g/mol. The highest BCUT2D eigenvalue weighted by Crippen LogP contribution is 2.57. The van der Waals surface area contributed by atoms with Crippen LogP contribution in [0.3, 0.4) is 0 Å². The van der Waals surface area contributed by atoms with Gasteiger partial charge in [0.1, 0.15) is 13.2 Å². The highest BCUT2D eigenvalue weighted by atomic mass is 16.6. The molecule has 1 aromatic rings. The van der Waals surface area contributed by atoms with Gasteiger partial charge in [-0.05, 0) is 56.2 Å². The fourth-order valence-electron chi connectivity index (χ4n) is 4.11. The monoisotopic (exact) mass is 301 g/mol. The molecule has 4 heteroatoms. The van der Waals surface area contributed by atoms with E-state index in [4.69, 9.17) is 9.47 Å². The second-order valence-electron chi connectivity index (χ2n) is 7.26. The van der Waals surface area contributed by atoms with Crippen LogP contribution in [-0.4, -0.2) is 19.1 Å². The predicted octanol–water partition coefficient (Wildman–Crippen LogP) is 2.86. The van der Waals surface area contributed by atoms with Gasteiger partial charge in [0.2, 0.25) is 5.91 Å². The van der Waals surface area contributed by atoms with Gasteiger partial charge in [0.25, 0.3) is 0 Å². The summed E-state index contributed by atoms with van der Waals surface area (Å²) in [4.78, 5) is 12.5. The molecule has 1 heterocycles. The van der Waals surface area contributed by atoms with E-state index in [0.29, 0.717) is 25.0 Å². The zero-order chi connectivity index (χ0) is 15.3. The Morgan fingerprint density at radius 3 is 2.55 bits per heavy atom. The van der Waals surface area contributed by atoms with Crippen molar-refractivity contribution in [1.82, 2.24) is 5.32 Å². The van der Waals surface area contributed by atoms with Crippen molar-refractivity contribution in [3.05, 3.63) is 23.8 Å². The molecule has 118 valence electrons. The molecular weight excluding hydrogens is 278 g/mol. The minimum atomic E-state index is -0.399. The normalized spacial score (nSPS) is 28.9. The lowest BCUT2D eigenvalue weighted by atomic mass is 9.93. The SMILES string of the molecule is CC(C)(NC(=O)C1[C@H]2CCC[C@H]12)c1ccc2c(c1)OCCO2. The van der Waals surface area contributed by atoms with Crippen LogP contribution >= 0.6 is 0 Å². The summed E-state index contributed by atoms with van der Waals surface area (Å²) in [6, 6.07) is 5.94. The zero-order valence-electron chi connectivity index (χ0n) is 13.2. The molecule has 3 aliphatic rings. The molecule has 2 aliphatic carbocycles. The van der Waals surface area contributed by atoms with E-state index in [9.17, 15) is 4.79 Å². The summed E-state index contributed by atoms with van der Waals surface area (Å²) < 4.78 is 11.2. The van der Waals surface area contributed by atoms with E-state index < -0.39 is 5.54 Å². The van der Waals surface area contributed by atoms with Gasteiger partial charge in [0.15, 0.2) is 11.5 Å². The summed E-state index contributed by atoms with van der Waals surface area (Å²) in [7, 11) is 0. The summed E-state index contributed by atoms with van der Waals surface area (Å²) in [6.45, 7) is 5.27. The molecule has 4 rings (SSSR count).